The molecule has 356 valence electrons. The van der Waals surface area contributed by atoms with Crippen molar-refractivity contribution in [3.05, 3.63) is 48.6 Å². The van der Waals surface area contributed by atoms with E-state index in [0.717, 1.165) is 44.9 Å². The van der Waals surface area contributed by atoms with Crippen molar-refractivity contribution in [1.82, 2.24) is 5.32 Å². The standard InChI is InChI=1S/C52H95NO8/c1-3-5-7-9-11-13-14-15-16-17-18-19-20-21-22-23-24-25-26-27-28-29-30-31-32-34-36-38-40-42-48(56)53-45(46(55)41-39-37-35-33-12-10-8-6-4-2)44-60-52-51(59)50(58)49(57)47(43-54)61-52/h4,6,12,17-18,33,39,41,45-47,49-52,54-55,57-59H,3,5,7-11,13-16,19-32,34-38,40,42-44H2,1-2H3,(H,53,56)/b6-4+,18-17-,33-12+,41-39+. The van der Waals surface area contributed by atoms with E-state index in [2.05, 4.69) is 42.6 Å². The summed E-state index contributed by atoms with van der Waals surface area (Å²) in [5, 5.41) is 54.0. The van der Waals surface area contributed by atoms with E-state index in [1.807, 2.05) is 19.1 Å². The third-order valence-electron chi connectivity index (χ3n) is 11.9. The van der Waals surface area contributed by atoms with Gasteiger partial charge >= 0.3 is 0 Å². The van der Waals surface area contributed by atoms with Crippen LogP contribution in [0.15, 0.2) is 48.6 Å². The summed E-state index contributed by atoms with van der Waals surface area (Å²) in [5.74, 6) is -0.193. The lowest BCUT2D eigenvalue weighted by Gasteiger charge is -2.40. The first-order chi connectivity index (χ1) is 29.8. The maximum atomic E-state index is 12.9. The molecule has 1 amide bonds. The third-order valence-corrected chi connectivity index (χ3v) is 11.9. The van der Waals surface area contributed by atoms with Gasteiger partial charge in [-0.05, 0) is 64.7 Å². The zero-order valence-corrected chi connectivity index (χ0v) is 39.2. The van der Waals surface area contributed by atoms with Crippen LogP contribution in [0.4, 0.5) is 0 Å². The van der Waals surface area contributed by atoms with Crippen LogP contribution in [0.5, 0.6) is 0 Å². The smallest absolute Gasteiger partial charge is 0.220 e. The first kappa shape index (κ1) is 57.2. The van der Waals surface area contributed by atoms with Gasteiger partial charge in [-0.1, -0.05) is 197 Å². The quantitative estimate of drug-likeness (QED) is 0.0262. The van der Waals surface area contributed by atoms with Gasteiger partial charge in [-0.2, -0.15) is 0 Å². The van der Waals surface area contributed by atoms with Crippen molar-refractivity contribution >= 4 is 5.91 Å². The topological polar surface area (TPSA) is 149 Å². The van der Waals surface area contributed by atoms with Crippen molar-refractivity contribution in [2.45, 2.75) is 262 Å². The van der Waals surface area contributed by atoms with Crippen LogP contribution in [0, 0.1) is 0 Å². The zero-order valence-electron chi connectivity index (χ0n) is 39.2. The lowest BCUT2D eigenvalue weighted by Crippen LogP contribution is -2.60. The first-order valence-electron chi connectivity index (χ1n) is 25.3. The van der Waals surface area contributed by atoms with Gasteiger partial charge in [0, 0.05) is 6.42 Å². The van der Waals surface area contributed by atoms with Gasteiger partial charge in [-0.25, -0.2) is 0 Å². The summed E-state index contributed by atoms with van der Waals surface area (Å²) in [6, 6.07) is -0.825. The number of nitrogens with one attached hydrogen (secondary N) is 1. The summed E-state index contributed by atoms with van der Waals surface area (Å²) < 4.78 is 11.2. The van der Waals surface area contributed by atoms with Crippen molar-refractivity contribution in [3.63, 3.8) is 0 Å². The fourth-order valence-corrected chi connectivity index (χ4v) is 7.90. The van der Waals surface area contributed by atoms with Crippen molar-refractivity contribution < 1.29 is 39.8 Å². The zero-order chi connectivity index (χ0) is 44.4. The maximum absolute atomic E-state index is 12.9. The van der Waals surface area contributed by atoms with E-state index in [-0.39, 0.29) is 12.5 Å². The summed E-state index contributed by atoms with van der Waals surface area (Å²) in [6.45, 7) is 3.52. The molecule has 0 radical (unpaired) electrons. The van der Waals surface area contributed by atoms with Crippen molar-refractivity contribution in [1.29, 1.82) is 0 Å². The van der Waals surface area contributed by atoms with Crippen LogP contribution < -0.4 is 5.32 Å². The number of hydrogen-bond acceptors (Lipinski definition) is 8. The second kappa shape index (κ2) is 42.1. The summed E-state index contributed by atoms with van der Waals surface area (Å²) in [5.41, 5.74) is 0. The molecule has 0 aliphatic carbocycles. The van der Waals surface area contributed by atoms with Crippen LogP contribution >= 0.6 is 0 Å². The molecule has 0 saturated carbocycles. The van der Waals surface area contributed by atoms with E-state index in [9.17, 15) is 30.3 Å². The van der Waals surface area contributed by atoms with Gasteiger partial charge < -0.3 is 40.3 Å². The van der Waals surface area contributed by atoms with Gasteiger partial charge in [0.05, 0.1) is 25.4 Å². The van der Waals surface area contributed by atoms with E-state index < -0.39 is 49.5 Å². The molecule has 0 aromatic heterocycles. The predicted octanol–water partition coefficient (Wildman–Crippen LogP) is 11.4. The average molecular weight is 862 g/mol. The fraction of sp³-hybridized carbons (Fsp3) is 0.827. The maximum Gasteiger partial charge on any atom is 0.220 e. The van der Waals surface area contributed by atoms with Gasteiger partial charge in [0.15, 0.2) is 6.29 Å². The molecule has 0 aromatic carbocycles. The largest absolute Gasteiger partial charge is 0.394 e. The van der Waals surface area contributed by atoms with E-state index in [4.69, 9.17) is 9.47 Å². The number of carbonyl (C=O) groups excluding carboxylic acids is 1. The number of unbranched alkanes of at least 4 members (excludes halogenated alkanes) is 27. The Morgan fingerprint density at radius 1 is 0.574 bits per heavy atom. The molecule has 7 atom stereocenters. The second-order valence-electron chi connectivity index (χ2n) is 17.6. The minimum Gasteiger partial charge on any atom is -0.394 e. The Balaban J connectivity index is 2.13. The SMILES string of the molecule is C/C=C/CC/C=C/CC/C=C/C(O)C(COC1OC(CO)C(O)C(O)C1O)NC(=O)CCCCCCCCCCCCCCCCCCC/C=C\CCCCCCCCCC. The molecule has 1 fully saturated rings. The molecule has 0 aromatic rings. The Morgan fingerprint density at radius 3 is 1.48 bits per heavy atom. The molecule has 1 aliphatic heterocycles. The lowest BCUT2D eigenvalue weighted by molar-refractivity contribution is -0.302. The molecular weight excluding hydrogens is 767 g/mol. The molecule has 7 unspecified atom stereocenters. The van der Waals surface area contributed by atoms with Crippen molar-refractivity contribution in [3.8, 4) is 0 Å². The third kappa shape index (κ3) is 32.5. The van der Waals surface area contributed by atoms with E-state index in [1.165, 1.54) is 154 Å². The minimum absolute atomic E-state index is 0.193. The Labute approximate surface area is 373 Å². The Morgan fingerprint density at radius 2 is 1.00 bits per heavy atom. The van der Waals surface area contributed by atoms with Gasteiger partial charge in [-0.3, -0.25) is 4.79 Å². The predicted molar refractivity (Wildman–Crippen MR) is 253 cm³/mol. The van der Waals surface area contributed by atoms with E-state index in [1.54, 1.807) is 6.08 Å². The molecule has 1 saturated heterocycles. The van der Waals surface area contributed by atoms with Crippen LogP contribution in [0.3, 0.4) is 0 Å². The van der Waals surface area contributed by atoms with Crippen LogP contribution in [0.2, 0.25) is 0 Å². The molecule has 1 rings (SSSR count). The molecule has 9 nitrogen and oxygen atoms in total. The van der Waals surface area contributed by atoms with Crippen LogP contribution in [0.25, 0.3) is 0 Å². The molecule has 1 aliphatic rings. The second-order valence-corrected chi connectivity index (χ2v) is 17.6. The van der Waals surface area contributed by atoms with Gasteiger partial charge in [0.1, 0.15) is 24.4 Å². The first-order valence-corrected chi connectivity index (χ1v) is 25.3. The fourth-order valence-electron chi connectivity index (χ4n) is 7.90. The highest BCUT2D eigenvalue weighted by Crippen LogP contribution is 2.23. The number of amides is 1. The number of aliphatic hydroxyl groups is 5. The number of aliphatic hydroxyl groups excluding tert-OH is 5. The van der Waals surface area contributed by atoms with Gasteiger partial charge in [-0.15, -0.1) is 0 Å². The normalized spacial score (nSPS) is 20.8. The molecule has 9 heteroatoms. The molecule has 6 N–H and O–H groups in total. The highest BCUT2D eigenvalue weighted by atomic mass is 16.7. The van der Waals surface area contributed by atoms with Gasteiger partial charge in [0.25, 0.3) is 0 Å². The highest BCUT2D eigenvalue weighted by Gasteiger charge is 2.44. The summed E-state index contributed by atoms with van der Waals surface area (Å²) in [7, 11) is 0. The van der Waals surface area contributed by atoms with Gasteiger partial charge in [0.2, 0.25) is 5.91 Å². The minimum atomic E-state index is -1.57. The number of rotatable bonds is 42. The van der Waals surface area contributed by atoms with Crippen molar-refractivity contribution in [2.75, 3.05) is 13.2 Å². The number of carbonyl (C=O) groups is 1. The van der Waals surface area contributed by atoms with Crippen LogP contribution in [-0.2, 0) is 14.3 Å². The van der Waals surface area contributed by atoms with E-state index >= 15 is 0 Å². The Hall–Kier alpha value is -1.85. The molecule has 1 heterocycles. The van der Waals surface area contributed by atoms with E-state index in [0.29, 0.717) is 6.42 Å². The van der Waals surface area contributed by atoms with Crippen LogP contribution in [-0.4, -0.2) is 87.5 Å². The monoisotopic (exact) mass is 862 g/mol. The van der Waals surface area contributed by atoms with Crippen molar-refractivity contribution in [2.24, 2.45) is 0 Å². The lowest BCUT2D eigenvalue weighted by atomic mass is 9.99. The summed E-state index contributed by atoms with van der Waals surface area (Å²) >= 11 is 0. The number of ether oxygens (including phenoxy) is 2. The number of allylic oxidation sites excluding steroid dienone is 7. The Bertz CT molecular complexity index is 1090. The summed E-state index contributed by atoms with van der Waals surface area (Å²) in [6.07, 6.45) is 47.9. The Kier molecular flexibility index (Phi) is 39.5. The van der Waals surface area contributed by atoms with Crippen LogP contribution in [0.1, 0.15) is 219 Å². The molecular formula is C52H95NO8. The highest BCUT2D eigenvalue weighted by molar-refractivity contribution is 5.76. The molecule has 61 heavy (non-hydrogen) atoms. The molecule has 0 bridgehead atoms. The average Bonchev–Trinajstić information content (AvgIpc) is 3.26. The summed E-state index contributed by atoms with van der Waals surface area (Å²) in [4.78, 5) is 12.9. The molecule has 0 spiro atoms. The number of hydrogen-bond donors (Lipinski definition) is 6.